The molecule has 2 heterocycles. The smallest absolute Gasteiger partial charge is 0.252 e. The molecule has 0 unspecified atom stereocenters. The van der Waals surface area contributed by atoms with E-state index < -0.39 is 0 Å². The Bertz CT molecular complexity index is 957. The van der Waals surface area contributed by atoms with Crippen LogP contribution in [0.15, 0.2) is 48.5 Å². The van der Waals surface area contributed by atoms with Crippen molar-refractivity contribution in [2.24, 2.45) is 0 Å². The van der Waals surface area contributed by atoms with Crippen LogP contribution in [0.3, 0.4) is 0 Å². The zero-order chi connectivity index (χ0) is 18.6. The largest absolute Gasteiger partial charge is 0.294 e. The Morgan fingerprint density at radius 2 is 1.85 bits per heavy atom. The molecule has 0 spiro atoms. The summed E-state index contributed by atoms with van der Waals surface area (Å²) in [4.78, 5) is 23.4. The van der Waals surface area contributed by atoms with Gasteiger partial charge in [0.25, 0.3) is 5.91 Å². The molecule has 0 aliphatic carbocycles. The van der Waals surface area contributed by atoms with Crippen LogP contribution < -0.4 is 10.9 Å². The third kappa shape index (κ3) is 4.18. The van der Waals surface area contributed by atoms with Gasteiger partial charge in [0.1, 0.15) is 0 Å². The van der Waals surface area contributed by atoms with E-state index in [4.69, 9.17) is 11.6 Å². The second kappa shape index (κ2) is 7.90. The lowest BCUT2D eigenvalue weighted by molar-refractivity contribution is -0.121. The summed E-state index contributed by atoms with van der Waals surface area (Å²) >= 11 is 6.17. The zero-order valence-corrected chi connectivity index (χ0v) is 15.5. The Kier molecular flexibility index (Phi) is 5.18. The molecule has 27 heavy (non-hydrogen) atoms. The van der Waals surface area contributed by atoms with Crippen molar-refractivity contribution in [3.05, 3.63) is 53.6 Å². The van der Waals surface area contributed by atoms with Gasteiger partial charge in [0, 0.05) is 16.0 Å². The van der Waals surface area contributed by atoms with Gasteiger partial charge in [0.15, 0.2) is 0 Å². The van der Waals surface area contributed by atoms with Gasteiger partial charge in [-0.3, -0.25) is 20.5 Å². The van der Waals surface area contributed by atoms with E-state index in [0.29, 0.717) is 17.5 Å². The number of carbonyl (C=O) groups is 1. The van der Waals surface area contributed by atoms with E-state index in [1.54, 1.807) is 6.07 Å². The minimum Gasteiger partial charge on any atom is -0.294 e. The highest BCUT2D eigenvalue weighted by atomic mass is 35.5. The van der Waals surface area contributed by atoms with Gasteiger partial charge in [-0.25, -0.2) is 9.97 Å². The average Bonchev–Trinajstić information content (AvgIpc) is 3.19. The standard InChI is InChI=1S/C20H20ClN5O/c21-15-8-9-17-16(12-15)19(14-6-2-1-3-7-14)23-20(22-17)25-24-18(27)13-26-10-4-5-11-26/h1-3,6-9,12H,4-5,10-11,13H2,(H,24,27)(H,22,23,25). The van der Waals surface area contributed by atoms with Crippen LogP contribution in [0.25, 0.3) is 22.2 Å². The van der Waals surface area contributed by atoms with Crippen LogP contribution in [0.5, 0.6) is 0 Å². The van der Waals surface area contributed by atoms with Gasteiger partial charge in [-0.2, -0.15) is 0 Å². The predicted octanol–water partition coefficient (Wildman–Crippen LogP) is 3.49. The zero-order valence-electron chi connectivity index (χ0n) is 14.8. The van der Waals surface area contributed by atoms with Crippen LogP contribution in [0, 0.1) is 0 Å². The van der Waals surface area contributed by atoms with Crippen LogP contribution in [-0.2, 0) is 4.79 Å². The SMILES string of the molecule is O=C(CN1CCCC1)NNc1nc(-c2ccccc2)c2cc(Cl)ccc2n1. The highest BCUT2D eigenvalue weighted by molar-refractivity contribution is 6.31. The number of benzene rings is 2. The van der Waals surface area contributed by atoms with Crippen molar-refractivity contribution in [1.29, 1.82) is 0 Å². The van der Waals surface area contributed by atoms with Crippen LogP contribution >= 0.6 is 11.6 Å². The summed E-state index contributed by atoms with van der Waals surface area (Å²) in [5.74, 6) is 0.247. The lowest BCUT2D eigenvalue weighted by Crippen LogP contribution is -2.39. The molecule has 1 aliphatic rings. The number of anilines is 1. The fourth-order valence-electron chi connectivity index (χ4n) is 3.28. The molecule has 1 fully saturated rings. The fourth-order valence-corrected chi connectivity index (χ4v) is 3.45. The summed E-state index contributed by atoms with van der Waals surface area (Å²) < 4.78 is 0. The van der Waals surface area contributed by atoms with E-state index in [9.17, 15) is 4.79 Å². The summed E-state index contributed by atoms with van der Waals surface area (Å²) in [5.41, 5.74) is 8.03. The molecule has 0 atom stereocenters. The number of hydrazine groups is 1. The molecule has 1 aliphatic heterocycles. The first-order valence-electron chi connectivity index (χ1n) is 8.99. The molecule has 1 saturated heterocycles. The molecular weight excluding hydrogens is 362 g/mol. The summed E-state index contributed by atoms with van der Waals surface area (Å²) in [5, 5.41) is 1.49. The lowest BCUT2D eigenvalue weighted by atomic mass is 10.1. The molecule has 3 aromatic rings. The van der Waals surface area contributed by atoms with E-state index >= 15 is 0 Å². The number of amides is 1. The van der Waals surface area contributed by atoms with Gasteiger partial charge in [-0.05, 0) is 44.1 Å². The third-order valence-corrected chi connectivity index (χ3v) is 4.82. The van der Waals surface area contributed by atoms with Gasteiger partial charge >= 0.3 is 0 Å². The second-order valence-electron chi connectivity index (χ2n) is 6.58. The number of hydrogen-bond donors (Lipinski definition) is 2. The van der Waals surface area contributed by atoms with Crippen molar-refractivity contribution < 1.29 is 4.79 Å². The highest BCUT2D eigenvalue weighted by Crippen LogP contribution is 2.29. The van der Waals surface area contributed by atoms with Crippen molar-refractivity contribution in [3.63, 3.8) is 0 Å². The molecule has 2 N–H and O–H groups in total. The third-order valence-electron chi connectivity index (χ3n) is 4.58. The number of hydrogen-bond acceptors (Lipinski definition) is 5. The maximum atomic E-state index is 12.1. The van der Waals surface area contributed by atoms with Gasteiger partial charge in [0.2, 0.25) is 5.95 Å². The minimum atomic E-state index is -0.0991. The molecule has 7 heteroatoms. The Labute approximate surface area is 162 Å². The van der Waals surface area contributed by atoms with Crippen molar-refractivity contribution in [2.45, 2.75) is 12.8 Å². The molecule has 1 amide bonds. The van der Waals surface area contributed by atoms with E-state index in [0.717, 1.165) is 48.1 Å². The Morgan fingerprint density at radius 3 is 2.63 bits per heavy atom. The Balaban J connectivity index is 1.59. The van der Waals surface area contributed by atoms with E-state index in [1.807, 2.05) is 42.5 Å². The summed E-state index contributed by atoms with van der Waals surface area (Å²) in [7, 11) is 0. The number of rotatable bonds is 5. The van der Waals surface area contributed by atoms with E-state index in [-0.39, 0.29) is 5.91 Å². The van der Waals surface area contributed by atoms with E-state index in [2.05, 4.69) is 25.7 Å². The van der Waals surface area contributed by atoms with Crippen molar-refractivity contribution >= 4 is 34.4 Å². The summed E-state index contributed by atoms with van der Waals surface area (Å²) in [6.07, 6.45) is 2.30. The monoisotopic (exact) mass is 381 g/mol. The van der Waals surface area contributed by atoms with Gasteiger partial charge in [0.05, 0.1) is 17.8 Å². The van der Waals surface area contributed by atoms with Crippen LogP contribution in [0.1, 0.15) is 12.8 Å². The first kappa shape index (κ1) is 17.7. The predicted molar refractivity (Wildman–Crippen MR) is 107 cm³/mol. The maximum Gasteiger partial charge on any atom is 0.252 e. The Hall–Kier alpha value is -2.70. The first-order chi connectivity index (χ1) is 13.2. The molecular formula is C20H20ClN5O. The van der Waals surface area contributed by atoms with Gasteiger partial charge in [-0.15, -0.1) is 0 Å². The minimum absolute atomic E-state index is 0.0991. The van der Waals surface area contributed by atoms with Gasteiger partial charge < -0.3 is 0 Å². The molecule has 0 saturated carbocycles. The molecule has 1 aromatic heterocycles. The number of fused-ring (bicyclic) bond motifs is 1. The van der Waals surface area contributed by atoms with Gasteiger partial charge in [-0.1, -0.05) is 41.9 Å². The van der Waals surface area contributed by atoms with Crippen LogP contribution in [0.2, 0.25) is 5.02 Å². The maximum absolute atomic E-state index is 12.1. The summed E-state index contributed by atoms with van der Waals surface area (Å²) in [6, 6.07) is 15.3. The second-order valence-corrected chi connectivity index (χ2v) is 7.02. The van der Waals surface area contributed by atoms with Crippen molar-refractivity contribution in [3.8, 4) is 11.3 Å². The quantitative estimate of drug-likeness (QED) is 0.662. The molecule has 2 aromatic carbocycles. The lowest BCUT2D eigenvalue weighted by Gasteiger charge is -2.15. The van der Waals surface area contributed by atoms with Crippen molar-refractivity contribution in [2.75, 3.05) is 25.1 Å². The van der Waals surface area contributed by atoms with Crippen LogP contribution in [-0.4, -0.2) is 40.4 Å². The number of halogens is 1. The topological polar surface area (TPSA) is 70.2 Å². The number of nitrogens with zero attached hydrogens (tertiary/aromatic N) is 3. The van der Waals surface area contributed by atoms with E-state index in [1.165, 1.54) is 0 Å². The molecule has 6 nitrogen and oxygen atoms in total. The normalized spacial score (nSPS) is 14.4. The molecule has 0 radical (unpaired) electrons. The van der Waals surface area contributed by atoms with Crippen molar-refractivity contribution in [1.82, 2.24) is 20.3 Å². The average molecular weight is 382 g/mol. The highest BCUT2D eigenvalue weighted by Gasteiger charge is 2.15. The fraction of sp³-hybridized carbons (Fsp3) is 0.250. The Morgan fingerprint density at radius 1 is 1.07 bits per heavy atom. The number of aromatic nitrogens is 2. The number of likely N-dealkylation sites (tertiary alicyclic amines) is 1. The molecule has 138 valence electrons. The van der Waals surface area contributed by atoms with Crippen LogP contribution in [0.4, 0.5) is 5.95 Å². The molecule has 4 rings (SSSR count). The number of nitrogens with one attached hydrogen (secondary N) is 2. The molecule has 0 bridgehead atoms. The number of carbonyl (C=O) groups excluding carboxylic acids is 1. The summed E-state index contributed by atoms with van der Waals surface area (Å²) in [6.45, 7) is 2.32. The first-order valence-corrected chi connectivity index (χ1v) is 9.37.